The van der Waals surface area contributed by atoms with Crippen LogP contribution in [0.1, 0.15) is 38.5 Å². The van der Waals surface area contributed by atoms with Crippen molar-refractivity contribution in [1.82, 2.24) is 4.90 Å². The average Bonchev–Trinajstić information content (AvgIpc) is 2.29. The van der Waals surface area contributed by atoms with Crippen LogP contribution in [0.3, 0.4) is 0 Å². The molecule has 1 aliphatic carbocycles. The molecule has 0 unspecified atom stereocenters. The zero-order valence-electron chi connectivity index (χ0n) is 10.5. The third kappa shape index (κ3) is 2.80. The molecule has 2 rings (SSSR count). The molecule has 0 atom stereocenters. The molecule has 1 heterocycles. The highest BCUT2D eigenvalue weighted by molar-refractivity contribution is 5.77. The number of nitrogens with zero attached hydrogens (tertiary/aromatic N) is 1. The molecule has 0 radical (unpaired) electrons. The normalized spacial score (nSPS) is 24.5. The lowest BCUT2D eigenvalue weighted by molar-refractivity contribution is -0.141. The number of carbonyl (C=O) groups excluding carboxylic acids is 1. The number of hydrogen-bond donors (Lipinski definition) is 2. The monoisotopic (exact) mass is 240 g/mol. The fourth-order valence-corrected chi connectivity index (χ4v) is 3.08. The summed E-state index contributed by atoms with van der Waals surface area (Å²) in [4.78, 5) is 14.0. The van der Waals surface area contributed by atoms with Gasteiger partial charge in [0.25, 0.3) is 0 Å². The Morgan fingerprint density at radius 3 is 2.47 bits per heavy atom. The Morgan fingerprint density at radius 2 is 1.94 bits per heavy atom. The lowest BCUT2D eigenvalue weighted by Crippen LogP contribution is -2.53. The minimum atomic E-state index is 0.0691. The Labute approximate surface area is 103 Å². The molecule has 3 N–H and O–H groups in total. The summed E-state index contributed by atoms with van der Waals surface area (Å²) in [5.41, 5.74) is 5.96. The first-order valence-electron chi connectivity index (χ1n) is 6.78. The van der Waals surface area contributed by atoms with E-state index in [4.69, 9.17) is 10.8 Å². The van der Waals surface area contributed by atoms with E-state index in [0.29, 0.717) is 18.9 Å². The van der Waals surface area contributed by atoms with Gasteiger partial charge in [0.15, 0.2) is 0 Å². The van der Waals surface area contributed by atoms with Gasteiger partial charge in [-0.05, 0) is 24.8 Å². The van der Waals surface area contributed by atoms with Gasteiger partial charge in [0.2, 0.25) is 5.91 Å². The molecule has 1 aliphatic heterocycles. The molecule has 0 aromatic carbocycles. The van der Waals surface area contributed by atoms with E-state index in [-0.39, 0.29) is 17.9 Å². The van der Waals surface area contributed by atoms with Crippen LogP contribution in [-0.2, 0) is 4.79 Å². The predicted molar refractivity (Wildman–Crippen MR) is 66.3 cm³/mol. The molecule has 98 valence electrons. The Balaban J connectivity index is 1.84. The van der Waals surface area contributed by atoms with Crippen LogP contribution in [0, 0.1) is 11.3 Å². The van der Waals surface area contributed by atoms with Crippen molar-refractivity contribution in [3.63, 3.8) is 0 Å². The van der Waals surface area contributed by atoms with E-state index in [1.807, 2.05) is 4.90 Å². The Hall–Kier alpha value is -0.610. The average molecular weight is 240 g/mol. The number of amides is 1. The zero-order valence-corrected chi connectivity index (χ0v) is 10.5. The maximum Gasteiger partial charge on any atom is 0.223 e. The van der Waals surface area contributed by atoms with Crippen molar-refractivity contribution in [2.45, 2.75) is 38.5 Å². The lowest BCUT2D eigenvalue weighted by Gasteiger charge is -2.42. The van der Waals surface area contributed by atoms with Gasteiger partial charge in [-0.2, -0.15) is 0 Å². The summed E-state index contributed by atoms with van der Waals surface area (Å²) in [7, 11) is 0. The Bertz CT molecular complexity index is 269. The fourth-order valence-electron chi connectivity index (χ4n) is 3.08. The van der Waals surface area contributed by atoms with Gasteiger partial charge in [0, 0.05) is 32.0 Å². The highest BCUT2D eigenvalue weighted by Gasteiger charge is 2.37. The van der Waals surface area contributed by atoms with Crippen LogP contribution in [0.15, 0.2) is 0 Å². The van der Waals surface area contributed by atoms with Gasteiger partial charge in [-0.3, -0.25) is 4.79 Å². The van der Waals surface area contributed by atoms with Crippen molar-refractivity contribution in [3.05, 3.63) is 0 Å². The van der Waals surface area contributed by atoms with Crippen LogP contribution >= 0.6 is 0 Å². The highest BCUT2D eigenvalue weighted by atomic mass is 16.3. The molecule has 0 bridgehead atoms. The van der Waals surface area contributed by atoms with Crippen molar-refractivity contribution < 1.29 is 9.90 Å². The lowest BCUT2D eigenvalue weighted by atomic mass is 9.71. The SMILES string of the molecule is NCC1(CC(=O)N2CC(CO)C2)CCCCC1. The van der Waals surface area contributed by atoms with E-state index >= 15 is 0 Å². The second-order valence-corrected chi connectivity index (χ2v) is 5.79. The van der Waals surface area contributed by atoms with E-state index in [1.54, 1.807) is 0 Å². The molecule has 17 heavy (non-hydrogen) atoms. The summed E-state index contributed by atoms with van der Waals surface area (Å²) < 4.78 is 0. The third-order valence-electron chi connectivity index (χ3n) is 4.44. The molecular weight excluding hydrogens is 216 g/mol. The quantitative estimate of drug-likeness (QED) is 0.761. The van der Waals surface area contributed by atoms with Gasteiger partial charge in [-0.15, -0.1) is 0 Å². The van der Waals surface area contributed by atoms with Crippen molar-refractivity contribution >= 4 is 5.91 Å². The number of nitrogens with two attached hydrogens (primary N) is 1. The van der Waals surface area contributed by atoms with Crippen LogP contribution in [-0.4, -0.2) is 42.2 Å². The minimum Gasteiger partial charge on any atom is -0.396 e. The highest BCUT2D eigenvalue weighted by Crippen LogP contribution is 2.39. The summed E-state index contributed by atoms with van der Waals surface area (Å²) in [6.45, 7) is 2.30. The standard InChI is InChI=1S/C13H24N2O2/c14-10-13(4-2-1-3-5-13)6-12(17)15-7-11(8-15)9-16/h11,16H,1-10,14H2. The van der Waals surface area contributed by atoms with Crippen LogP contribution in [0.2, 0.25) is 0 Å². The molecule has 0 aromatic rings. The van der Waals surface area contributed by atoms with Gasteiger partial charge < -0.3 is 15.7 Å². The summed E-state index contributed by atoms with van der Waals surface area (Å²) in [6.07, 6.45) is 6.53. The number of aliphatic hydroxyl groups is 1. The van der Waals surface area contributed by atoms with E-state index < -0.39 is 0 Å². The summed E-state index contributed by atoms with van der Waals surface area (Å²) >= 11 is 0. The Kier molecular flexibility index (Phi) is 4.05. The van der Waals surface area contributed by atoms with Crippen LogP contribution < -0.4 is 5.73 Å². The van der Waals surface area contributed by atoms with Crippen LogP contribution in [0.5, 0.6) is 0 Å². The summed E-state index contributed by atoms with van der Waals surface area (Å²) in [5, 5.41) is 8.95. The van der Waals surface area contributed by atoms with Gasteiger partial charge in [0.1, 0.15) is 0 Å². The smallest absolute Gasteiger partial charge is 0.223 e. The van der Waals surface area contributed by atoms with Crippen molar-refractivity contribution in [1.29, 1.82) is 0 Å². The zero-order chi connectivity index (χ0) is 12.3. The molecule has 4 heteroatoms. The summed E-state index contributed by atoms with van der Waals surface area (Å²) in [5.74, 6) is 0.543. The van der Waals surface area contributed by atoms with Crippen molar-refractivity contribution in [3.8, 4) is 0 Å². The molecule has 4 nitrogen and oxygen atoms in total. The molecular formula is C13H24N2O2. The molecule has 1 saturated carbocycles. The topological polar surface area (TPSA) is 66.6 Å². The first-order chi connectivity index (χ1) is 8.19. The van der Waals surface area contributed by atoms with E-state index in [9.17, 15) is 4.79 Å². The van der Waals surface area contributed by atoms with Gasteiger partial charge in [-0.25, -0.2) is 0 Å². The van der Waals surface area contributed by atoms with Gasteiger partial charge in [-0.1, -0.05) is 19.3 Å². The third-order valence-corrected chi connectivity index (χ3v) is 4.44. The van der Waals surface area contributed by atoms with Crippen LogP contribution in [0.25, 0.3) is 0 Å². The van der Waals surface area contributed by atoms with E-state index in [2.05, 4.69) is 0 Å². The molecule has 1 amide bonds. The van der Waals surface area contributed by atoms with Gasteiger partial charge >= 0.3 is 0 Å². The second kappa shape index (κ2) is 5.36. The maximum atomic E-state index is 12.1. The Morgan fingerprint density at radius 1 is 1.29 bits per heavy atom. The van der Waals surface area contributed by atoms with Crippen molar-refractivity contribution in [2.24, 2.45) is 17.1 Å². The molecule has 0 aromatic heterocycles. The molecule has 0 spiro atoms. The number of carbonyl (C=O) groups is 1. The van der Waals surface area contributed by atoms with E-state index in [0.717, 1.165) is 25.9 Å². The summed E-state index contributed by atoms with van der Waals surface area (Å²) in [6, 6.07) is 0. The molecule has 1 saturated heterocycles. The molecule has 2 aliphatic rings. The number of aliphatic hydroxyl groups excluding tert-OH is 1. The first-order valence-corrected chi connectivity index (χ1v) is 6.78. The minimum absolute atomic E-state index is 0.0691. The molecule has 2 fully saturated rings. The first kappa shape index (κ1) is 12.8. The second-order valence-electron chi connectivity index (χ2n) is 5.79. The number of likely N-dealkylation sites (tertiary alicyclic amines) is 1. The van der Waals surface area contributed by atoms with Crippen LogP contribution in [0.4, 0.5) is 0 Å². The fraction of sp³-hybridized carbons (Fsp3) is 0.923. The van der Waals surface area contributed by atoms with Crippen molar-refractivity contribution in [2.75, 3.05) is 26.2 Å². The van der Waals surface area contributed by atoms with Gasteiger partial charge in [0.05, 0.1) is 0 Å². The number of rotatable bonds is 4. The van der Waals surface area contributed by atoms with E-state index in [1.165, 1.54) is 19.3 Å². The maximum absolute atomic E-state index is 12.1. The predicted octanol–water partition coefficient (Wildman–Crippen LogP) is 0.736. The largest absolute Gasteiger partial charge is 0.396 e. The number of hydrogen-bond acceptors (Lipinski definition) is 3.